The van der Waals surface area contributed by atoms with Gasteiger partial charge in [-0.3, -0.25) is 0 Å². The summed E-state index contributed by atoms with van der Waals surface area (Å²) in [5.41, 5.74) is 1.40. The average molecular weight is 444 g/mol. The number of rotatable bonds is 6. The van der Waals surface area contributed by atoms with Gasteiger partial charge in [-0.1, -0.05) is 0 Å². The van der Waals surface area contributed by atoms with Gasteiger partial charge >= 0.3 is 6.18 Å². The van der Waals surface area contributed by atoms with Crippen molar-refractivity contribution in [2.24, 2.45) is 5.92 Å². The van der Waals surface area contributed by atoms with Crippen LogP contribution in [0.5, 0.6) is 0 Å². The second kappa shape index (κ2) is 8.30. The van der Waals surface area contributed by atoms with Crippen molar-refractivity contribution in [2.75, 3.05) is 17.2 Å². The lowest BCUT2D eigenvalue weighted by molar-refractivity contribution is -0.115. The number of halogens is 3. The Hall–Kier alpha value is -1.94. The average Bonchev–Trinajstić information content (AvgIpc) is 3.19. The molecule has 6 nitrogen and oxygen atoms in total. The third kappa shape index (κ3) is 5.40. The lowest BCUT2D eigenvalue weighted by Crippen LogP contribution is -2.30. The fourth-order valence-corrected chi connectivity index (χ4v) is 4.73. The first-order chi connectivity index (χ1) is 13.8. The van der Waals surface area contributed by atoms with Crippen molar-refractivity contribution in [1.29, 1.82) is 0 Å². The summed E-state index contributed by atoms with van der Waals surface area (Å²) in [5, 5.41) is 16.7. The van der Waals surface area contributed by atoms with E-state index in [9.17, 15) is 18.3 Å². The summed E-state index contributed by atoms with van der Waals surface area (Å²) in [4.78, 5) is 14.3. The molecule has 3 N–H and O–H groups in total. The summed E-state index contributed by atoms with van der Waals surface area (Å²) in [6.07, 6.45) is -1.89. The van der Waals surface area contributed by atoms with Crippen molar-refractivity contribution >= 4 is 23.1 Å². The second-order valence-electron chi connectivity index (χ2n) is 8.49. The summed E-state index contributed by atoms with van der Waals surface area (Å²) >= 11 is 1.51. The predicted octanol–water partition coefficient (Wildman–Crippen LogP) is 4.85. The third-order valence-electron chi connectivity index (χ3n) is 5.55. The van der Waals surface area contributed by atoms with Crippen LogP contribution in [0.2, 0.25) is 0 Å². The number of alkyl halides is 3. The summed E-state index contributed by atoms with van der Waals surface area (Å²) in [6, 6.07) is 0.0621. The van der Waals surface area contributed by atoms with Gasteiger partial charge in [0.05, 0.1) is 22.6 Å². The van der Waals surface area contributed by atoms with Crippen LogP contribution in [0.3, 0.4) is 0 Å². The highest BCUT2D eigenvalue weighted by molar-refractivity contribution is 7.15. The Labute approximate surface area is 178 Å². The van der Waals surface area contributed by atoms with E-state index in [2.05, 4.69) is 25.6 Å². The van der Waals surface area contributed by atoms with Gasteiger partial charge < -0.3 is 15.7 Å². The molecule has 2 atom stereocenters. The van der Waals surface area contributed by atoms with E-state index in [0.29, 0.717) is 17.1 Å². The van der Waals surface area contributed by atoms with Gasteiger partial charge in [0.15, 0.2) is 0 Å². The number of hydrogen-bond donors (Lipinski definition) is 3. The van der Waals surface area contributed by atoms with E-state index in [0.717, 1.165) is 34.8 Å². The van der Waals surface area contributed by atoms with E-state index in [-0.39, 0.29) is 17.9 Å². The van der Waals surface area contributed by atoms with E-state index in [1.165, 1.54) is 11.3 Å². The fraction of sp³-hybridized carbons (Fsp3) is 0.650. The SMILES string of the molecule is Cc1nc(-c2c(C)nc(NCC(F)(F)F)nc2NC2CCC(C(C)(C)O)C2)sc1C. The number of nitrogens with one attached hydrogen (secondary N) is 2. The molecule has 0 spiro atoms. The molecule has 1 fully saturated rings. The number of aromatic nitrogens is 3. The Balaban J connectivity index is 1.93. The molecule has 2 heterocycles. The van der Waals surface area contributed by atoms with Crippen molar-refractivity contribution in [3.05, 3.63) is 16.3 Å². The van der Waals surface area contributed by atoms with Gasteiger partial charge in [-0.25, -0.2) is 9.97 Å². The Morgan fingerprint density at radius 2 is 1.77 bits per heavy atom. The molecule has 2 aromatic rings. The first kappa shape index (κ1) is 22.7. The highest BCUT2D eigenvalue weighted by Gasteiger charge is 2.35. The van der Waals surface area contributed by atoms with Crippen molar-refractivity contribution in [1.82, 2.24) is 15.0 Å². The summed E-state index contributed by atoms with van der Waals surface area (Å²) in [6.45, 7) is 8.06. The largest absolute Gasteiger partial charge is 0.405 e. The molecule has 0 bridgehead atoms. The number of nitrogens with zero attached hydrogens (tertiary/aromatic N) is 3. The number of thiazole rings is 1. The predicted molar refractivity (Wildman–Crippen MR) is 113 cm³/mol. The molecule has 0 amide bonds. The topological polar surface area (TPSA) is 83.0 Å². The highest BCUT2D eigenvalue weighted by Crippen LogP contribution is 2.39. The van der Waals surface area contributed by atoms with Gasteiger partial charge in [0.1, 0.15) is 17.4 Å². The quantitative estimate of drug-likeness (QED) is 0.592. The van der Waals surface area contributed by atoms with E-state index in [4.69, 9.17) is 0 Å². The van der Waals surface area contributed by atoms with Crippen molar-refractivity contribution in [3.8, 4) is 10.6 Å². The molecule has 1 aliphatic rings. The van der Waals surface area contributed by atoms with Crippen molar-refractivity contribution in [2.45, 2.75) is 71.7 Å². The molecular weight excluding hydrogens is 415 g/mol. The Morgan fingerprint density at radius 3 is 2.30 bits per heavy atom. The van der Waals surface area contributed by atoms with Crippen LogP contribution in [0.1, 0.15) is 49.4 Å². The van der Waals surface area contributed by atoms with Crippen LogP contribution in [-0.2, 0) is 0 Å². The monoisotopic (exact) mass is 443 g/mol. The Morgan fingerprint density at radius 1 is 1.07 bits per heavy atom. The van der Waals surface area contributed by atoms with Crippen LogP contribution in [0.15, 0.2) is 0 Å². The second-order valence-corrected chi connectivity index (χ2v) is 9.69. The zero-order valence-corrected chi connectivity index (χ0v) is 18.6. The molecular formula is C20H28F3N5OS. The number of anilines is 2. The minimum Gasteiger partial charge on any atom is -0.390 e. The summed E-state index contributed by atoms with van der Waals surface area (Å²) in [7, 11) is 0. The van der Waals surface area contributed by atoms with Crippen LogP contribution in [0.4, 0.5) is 24.9 Å². The van der Waals surface area contributed by atoms with Gasteiger partial charge in [-0.05, 0) is 59.8 Å². The maximum absolute atomic E-state index is 12.7. The molecule has 0 saturated heterocycles. The van der Waals surface area contributed by atoms with Crippen LogP contribution < -0.4 is 10.6 Å². The maximum atomic E-state index is 12.7. The number of aryl methyl sites for hydroxylation is 3. The molecule has 166 valence electrons. The van der Waals surface area contributed by atoms with Crippen molar-refractivity contribution in [3.63, 3.8) is 0 Å². The molecule has 0 aromatic carbocycles. The molecule has 10 heteroatoms. The number of aliphatic hydroxyl groups is 1. The zero-order chi connectivity index (χ0) is 22.3. The molecule has 0 radical (unpaired) electrons. The van der Waals surface area contributed by atoms with Gasteiger partial charge in [0.25, 0.3) is 0 Å². The molecule has 2 aromatic heterocycles. The first-order valence-electron chi connectivity index (χ1n) is 9.96. The van der Waals surface area contributed by atoms with Gasteiger partial charge in [0.2, 0.25) is 5.95 Å². The van der Waals surface area contributed by atoms with Gasteiger partial charge in [-0.15, -0.1) is 11.3 Å². The number of hydrogen-bond acceptors (Lipinski definition) is 7. The van der Waals surface area contributed by atoms with E-state index < -0.39 is 18.3 Å². The van der Waals surface area contributed by atoms with E-state index >= 15 is 0 Å². The minimum absolute atomic E-state index is 0.0621. The Bertz CT molecular complexity index is 888. The molecule has 2 unspecified atom stereocenters. The van der Waals surface area contributed by atoms with Gasteiger partial charge in [-0.2, -0.15) is 18.2 Å². The first-order valence-corrected chi connectivity index (χ1v) is 10.8. The Kier molecular flexibility index (Phi) is 6.29. The lowest BCUT2D eigenvalue weighted by Gasteiger charge is -2.25. The molecule has 0 aliphatic heterocycles. The molecule has 1 aliphatic carbocycles. The molecule has 3 rings (SSSR count). The highest BCUT2D eigenvalue weighted by atomic mass is 32.1. The van der Waals surface area contributed by atoms with Gasteiger partial charge in [0, 0.05) is 10.9 Å². The summed E-state index contributed by atoms with van der Waals surface area (Å²) < 4.78 is 38.0. The van der Waals surface area contributed by atoms with Crippen LogP contribution in [0.25, 0.3) is 10.6 Å². The van der Waals surface area contributed by atoms with Crippen LogP contribution in [-0.4, -0.2) is 44.4 Å². The standard InChI is InChI=1S/C20H28F3N5OS/c1-10-12(3)30-17(25-10)15-11(2)26-18(24-9-20(21,22)23)28-16(15)27-14-7-6-13(8-14)19(4,5)29/h13-14,29H,6-9H2,1-5H3,(H2,24,26,27,28). The third-order valence-corrected chi connectivity index (χ3v) is 6.64. The normalized spacial score (nSPS) is 19.9. The van der Waals surface area contributed by atoms with Crippen molar-refractivity contribution < 1.29 is 18.3 Å². The van der Waals surface area contributed by atoms with Crippen LogP contribution in [0, 0.1) is 26.7 Å². The van der Waals surface area contributed by atoms with E-state index in [1.807, 2.05) is 13.8 Å². The summed E-state index contributed by atoms with van der Waals surface area (Å²) in [5.74, 6) is 0.550. The van der Waals surface area contributed by atoms with E-state index in [1.54, 1.807) is 20.8 Å². The molecule has 30 heavy (non-hydrogen) atoms. The van der Waals surface area contributed by atoms with Crippen LogP contribution >= 0.6 is 11.3 Å². The lowest BCUT2D eigenvalue weighted by atomic mass is 9.89. The maximum Gasteiger partial charge on any atom is 0.405 e. The smallest absolute Gasteiger partial charge is 0.390 e. The molecule has 1 saturated carbocycles. The fourth-order valence-electron chi connectivity index (χ4n) is 3.72. The minimum atomic E-state index is -4.36. The zero-order valence-electron chi connectivity index (χ0n) is 17.8.